The normalized spacial score (nSPS) is 18.5. The van der Waals surface area contributed by atoms with Gasteiger partial charge in [0.1, 0.15) is 24.0 Å². The van der Waals surface area contributed by atoms with Gasteiger partial charge in [0, 0.05) is 43.8 Å². The lowest BCUT2D eigenvalue weighted by molar-refractivity contribution is -0.116. The lowest BCUT2D eigenvalue weighted by Crippen LogP contribution is -2.33. The number of hydrogen-bond donors (Lipinski definition) is 4. The number of aliphatic imine (C=N–C) groups is 1. The van der Waals surface area contributed by atoms with E-state index in [0.717, 1.165) is 42.9 Å². The van der Waals surface area contributed by atoms with Gasteiger partial charge in [-0.1, -0.05) is 0 Å². The lowest BCUT2D eigenvalue weighted by Gasteiger charge is -2.29. The second kappa shape index (κ2) is 14.9. The summed E-state index contributed by atoms with van der Waals surface area (Å²) in [6.45, 7) is 1.73. The summed E-state index contributed by atoms with van der Waals surface area (Å²) in [5, 5.41) is 11.1. The number of amidine groups is 1. The molecule has 2 unspecified atom stereocenters. The number of anilines is 1. The van der Waals surface area contributed by atoms with Crippen molar-refractivity contribution in [1.29, 1.82) is 0 Å². The summed E-state index contributed by atoms with van der Waals surface area (Å²) in [5.41, 5.74) is 7.10. The maximum absolute atomic E-state index is 15.1. The Labute approximate surface area is 258 Å². The smallest absolute Gasteiger partial charge is 0.259 e. The summed E-state index contributed by atoms with van der Waals surface area (Å²) >= 11 is 1.35. The van der Waals surface area contributed by atoms with Gasteiger partial charge in [-0.2, -0.15) is 0 Å². The summed E-state index contributed by atoms with van der Waals surface area (Å²) in [5.74, 6) is -0.408. The van der Waals surface area contributed by atoms with Crippen molar-refractivity contribution in [2.45, 2.75) is 44.2 Å². The lowest BCUT2D eigenvalue weighted by atomic mass is 9.91. The first kappa shape index (κ1) is 31.1. The molecule has 1 saturated heterocycles. The van der Waals surface area contributed by atoms with E-state index in [4.69, 9.17) is 19.9 Å². The molecule has 2 aliphatic heterocycles. The van der Waals surface area contributed by atoms with Gasteiger partial charge in [-0.25, -0.2) is 9.37 Å². The Bertz CT molecular complexity index is 1520. The fourth-order valence-corrected chi connectivity index (χ4v) is 5.65. The van der Waals surface area contributed by atoms with Crippen LogP contribution in [0.1, 0.15) is 53.2 Å². The molecule has 5 N–H and O–H groups in total. The molecule has 2 aromatic carbocycles. The molecular formula is C31H35FN6O5S. The number of nitrogens with zero attached hydrogens (tertiary/aromatic N) is 2. The molecule has 44 heavy (non-hydrogen) atoms. The first-order valence-corrected chi connectivity index (χ1v) is 15.3. The number of carbonyl (C=O) groups is 2. The van der Waals surface area contributed by atoms with Crippen molar-refractivity contribution >= 4 is 34.1 Å². The monoisotopic (exact) mass is 622 g/mol. The number of nitrogens with two attached hydrogens (primary N) is 1. The molecule has 3 aromatic rings. The van der Waals surface area contributed by atoms with Crippen LogP contribution in [0, 0.1) is 5.82 Å². The Balaban J connectivity index is 1.39. The molecule has 0 saturated carbocycles. The van der Waals surface area contributed by atoms with Gasteiger partial charge in [0.05, 0.1) is 11.7 Å². The van der Waals surface area contributed by atoms with Crippen LogP contribution in [0.4, 0.5) is 9.52 Å². The highest BCUT2D eigenvalue weighted by molar-refractivity contribution is 7.13. The van der Waals surface area contributed by atoms with Crippen LogP contribution in [0.3, 0.4) is 0 Å². The summed E-state index contributed by atoms with van der Waals surface area (Å²) < 4.78 is 33.4. The van der Waals surface area contributed by atoms with Gasteiger partial charge in [0.2, 0.25) is 5.91 Å². The van der Waals surface area contributed by atoms with Gasteiger partial charge in [0.25, 0.3) is 5.91 Å². The van der Waals surface area contributed by atoms with Gasteiger partial charge in [-0.3, -0.25) is 14.6 Å². The maximum Gasteiger partial charge on any atom is 0.259 e. The first-order valence-electron chi connectivity index (χ1n) is 14.4. The first-order chi connectivity index (χ1) is 21.4. The fraction of sp³-hybridized carbons (Fsp3) is 0.355. The second-order valence-electron chi connectivity index (χ2n) is 10.3. The zero-order chi connectivity index (χ0) is 30.9. The molecule has 2 amide bonds. The third-order valence-electron chi connectivity index (χ3n) is 7.28. The largest absolute Gasteiger partial charge is 0.487 e. The van der Waals surface area contributed by atoms with Crippen molar-refractivity contribution in [3.05, 3.63) is 76.7 Å². The summed E-state index contributed by atoms with van der Waals surface area (Å²) in [6, 6.07) is 7.46. The highest BCUT2D eigenvalue weighted by Crippen LogP contribution is 2.39. The Kier molecular flexibility index (Phi) is 10.5. The standard InChI is InChI=1S/C31H35FN6O5S/c1-34-28(7-9-33)37-30(40)22-6-5-20(15-24(22)32)43-27-16-23-19(14-26(27)42-18-21-4-2-3-12-41-21)8-10-35-25(23)17-29(39)38-31-36-11-13-44-31/h5-7,9,11,13-16,21,25,35H,2-4,8,10,12,17-18,33H2,1H3,(H,34,37,40)(H,36,38,39). The van der Waals surface area contributed by atoms with E-state index in [2.05, 4.69) is 25.9 Å². The van der Waals surface area contributed by atoms with Crippen molar-refractivity contribution in [3.8, 4) is 17.2 Å². The molecule has 232 valence electrons. The molecule has 2 aliphatic rings. The van der Waals surface area contributed by atoms with E-state index in [0.29, 0.717) is 36.4 Å². The number of nitrogens with one attached hydrogen (secondary N) is 3. The minimum atomic E-state index is -0.776. The number of aromatic nitrogens is 1. The van der Waals surface area contributed by atoms with E-state index in [9.17, 15) is 9.59 Å². The molecule has 3 heterocycles. The van der Waals surface area contributed by atoms with Gasteiger partial charge in [-0.15, -0.1) is 11.3 Å². The second-order valence-corrected chi connectivity index (χ2v) is 11.2. The third kappa shape index (κ3) is 7.98. The Morgan fingerprint density at radius 3 is 2.89 bits per heavy atom. The van der Waals surface area contributed by atoms with Crippen LogP contribution >= 0.6 is 11.3 Å². The number of fused-ring (bicyclic) bond motifs is 1. The van der Waals surface area contributed by atoms with Crippen molar-refractivity contribution in [3.63, 3.8) is 0 Å². The van der Waals surface area contributed by atoms with Crippen molar-refractivity contribution in [1.82, 2.24) is 15.6 Å². The zero-order valence-electron chi connectivity index (χ0n) is 24.3. The van der Waals surface area contributed by atoms with Crippen LogP contribution in [0.5, 0.6) is 17.2 Å². The number of amides is 2. The summed E-state index contributed by atoms with van der Waals surface area (Å²) in [7, 11) is 1.48. The molecule has 5 rings (SSSR count). The van der Waals surface area contributed by atoms with Crippen LogP contribution in [0.25, 0.3) is 0 Å². The summed E-state index contributed by atoms with van der Waals surface area (Å²) in [4.78, 5) is 33.5. The van der Waals surface area contributed by atoms with E-state index >= 15 is 4.39 Å². The van der Waals surface area contributed by atoms with Gasteiger partial charge >= 0.3 is 0 Å². The van der Waals surface area contributed by atoms with Crippen LogP contribution in [0.2, 0.25) is 0 Å². The fourth-order valence-electron chi connectivity index (χ4n) is 5.10. The van der Waals surface area contributed by atoms with E-state index in [1.807, 2.05) is 12.1 Å². The number of ether oxygens (including phenoxy) is 3. The van der Waals surface area contributed by atoms with Crippen molar-refractivity contribution in [2.75, 3.05) is 32.1 Å². The van der Waals surface area contributed by atoms with Crippen LogP contribution in [0.15, 0.2) is 59.2 Å². The summed E-state index contributed by atoms with van der Waals surface area (Å²) in [6.07, 6.45) is 8.15. The maximum atomic E-state index is 15.1. The molecule has 0 radical (unpaired) electrons. The highest BCUT2D eigenvalue weighted by atomic mass is 32.1. The van der Waals surface area contributed by atoms with Crippen molar-refractivity contribution in [2.24, 2.45) is 10.7 Å². The molecular weight excluding hydrogens is 587 g/mol. The van der Waals surface area contributed by atoms with E-state index in [-0.39, 0.29) is 41.6 Å². The van der Waals surface area contributed by atoms with Gasteiger partial charge in [0.15, 0.2) is 16.6 Å². The predicted octanol–water partition coefficient (Wildman–Crippen LogP) is 4.47. The number of benzene rings is 2. The Morgan fingerprint density at radius 2 is 2.16 bits per heavy atom. The van der Waals surface area contributed by atoms with E-state index < -0.39 is 11.7 Å². The molecule has 2 atom stereocenters. The molecule has 1 fully saturated rings. The Morgan fingerprint density at radius 1 is 1.27 bits per heavy atom. The van der Waals surface area contributed by atoms with Gasteiger partial charge < -0.3 is 35.9 Å². The highest BCUT2D eigenvalue weighted by Gasteiger charge is 2.26. The quantitative estimate of drug-likeness (QED) is 0.191. The molecule has 0 bridgehead atoms. The SMILES string of the molecule is CN=C(C=CN)NC(=O)c1ccc(Oc2cc3c(cc2OCC2CCCCO2)CCNC3CC(=O)Nc2nccs2)cc1F. The Hall–Kier alpha value is -4.33. The van der Waals surface area contributed by atoms with Crippen LogP contribution in [-0.2, 0) is 16.0 Å². The predicted molar refractivity (Wildman–Crippen MR) is 166 cm³/mol. The number of thiazole rings is 1. The topological polar surface area (TPSA) is 149 Å². The van der Waals surface area contributed by atoms with E-state index in [1.54, 1.807) is 11.6 Å². The van der Waals surface area contributed by atoms with Crippen LogP contribution < -0.4 is 31.2 Å². The molecule has 1 aromatic heterocycles. The average molecular weight is 623 g/mol. The van der Waals surface area contributed by atoms with E-state index in [1.165, 1.54) is 42.8 Å². The number of rotatable bonds is 10. The zero-order valence-corrected chi connectivity index (χ0v) is 25.1. The number of hydrogen-bond acceptors (Lipinski definition) is 10. The molecule has 13 heteroatoms. The van der Waals surface area contributed by atoms with Gasteiger partial charge in [-0.05, 0) is 79.9 Å². The third-order valence-corrected chi connectivity index (χ3v) is 7.97. The molecule has 11 nitrogen and oxygen atoms in total. The number of halogens is 1. The number of carbonyl (C=O) groups excluding carboxylic acids is 2. The average Bonchev–Trinajstić information content (AvgIpc) is 3.53. The molecule has 0 spiro atoms. The van der Waals surface area contributed by atoms with Crippen molar-refractivity contribution < 1.29 is 28.2 Å². The minimum absolute atomic E-state index is 0.0301. The molecule has 0 aliphatic carbocycles. The minimum Gasteiger partial charge on any atom is -0.487 e. The van der Waals surface area contributed by atoms with Crippen LogP contribution in [-0.4, -0.2) is 55.5 Å².